The van der Waals surface area contributed by atoms with Crippen LogP contribution < -0.4 is 11.1 Å². The minimum absolute atomic E-state index is 0.00167. The highest BCUT2D eigenvalue weighted by molar-refractivity contribution is 7.12. The van der Waals surface area contributed by atoms with Crippen molar-refractivity contribution in [3.8, 4) is 0 Å². The number of rotatable bonds is 1. The van der Waals surface area contributed by atoms with Crippen molar-refractivity contribution < 1.29 is 0 Å². The first-order valence-electron chi connectivity index (χ1n) is 7.25. The molecule has 0 spiro atoms. The number of fused-ring (bicyclic) bond motifs is 3. The number of nitrogens with one attached hydrogen (secondary N) is 1. The quantitative estimate of drug-likeness (QED) is 0.830. The molecule has 4 rings (SSSR count). The van der Waals surface area contributed by atoms with Crippen LogP contribution in [0.15, 0.2) is 22.1 Å². The Bertz CT molecular complexity index is 590. The lowest BCUT2D eigenvalue weighted by Gasteiger charge is -2.38. The largest absolute Gasteiger partial charge is 0.370 e. The van der Waals surface area contributed by atoms with E-state index in [1.807, 2.05) is 0 Å². The van der Waals surface area contributed by atoms with Gasteiger partial charge >= 0.3 is 0 Å². The number of hydrogen-bond donors (Lipinski definition) is 2. The van der Waals surface area contributed by atoms with Crippen LogP contribution in [0.25, 0.3) is 0 Å². The molecule has 3 N–H and O–H groups in total. The van der Waals surface area contributed by atoms with Crippen LogP contribution in [0.3, 0.4) is 0 Å². The Kier molecular flexibility index (Phi) is 2.73. The molecule has 3 unspecified atom stereocenters. The third kappa shape index (κ3) is 1.82. The highest BCUT2D eigenvalue weighted by Crippen LogP contribution is 2.39. The maximum Gasteiger partial charge on any atom is 0.203 e. The molecule has 1 aromatic rings. The molecular weight excluding hydrogens is 270 g/mol. The van der Waals surface area contributed by atoms with Gasteiger partial charge in [0.2, 0.25) is 5.96 Å². The van der Waals surface area contributed by atoms with Gasteiger partial charge in [0, 0.05) is 9.75 Å². The lowest BCUT2D eigenvalue weighted by Crippen LogP contribution is -2.54. The van der Waals surface area contributed by atoms with Crippen molar-refractivity contribution in [2.75, 3.05) is 0 Å². The van der Waals surface area contributed by atoms with Crippen LogP contribution in [0, 0.1) is 6.92 Å². The van der Waals surface area contributed by atoms with E-state index in [-0.39, 0.29) is 6.17 Å². The molecule has 3 atom stereocenters. The molecule has 5 nitrogen and oxygen atoms in total. The molecule has 6 heteroatoms. The van der Waals surface area contributed by atoms with Crippen molar-refractivity contribution in [3.05, 3.63) is 21.9 Å². The molecular formula is C14H19N5S. The summed E-state index contributed by atoms with van der Waals surface area (Å²) in [6.07, 6.45) is 4.96. The number of hydrogen-bond acceptors (Lipinski definition) is 6. The van der Waals surface area contributed by atoms with Gasteiger partial charge in [0.15, 0.2) is 12.1 Å². The average molecular weight is 289 g/mol. The van der Waals surface area contributed by atoms with Gasteiger partial charge in [0.25, 0.3) is 0 Å². The molecule has 0 radical (unpaired) electrons. The number of guanidine groups is 2. The third-order valence-electron chi connectivity index (χ3n) is 4.36. The fourth-order valence-corrected chi connectivity index (χ4v) is 4.39. The first kappa shape index (κ1) is 12.2. The van der Waals surface area contributed by atoms with Crippen molar-refractivity contribution in [1.29, 1.82) is 0 Å². The Labute approximate surface area is 122 Å². The normalized spacial score (nSPS) is 32.0. The van der Waals surface area contributed by atoms with Crippen molar-refractivity contribution in [2.24, 2.45) is 15.7 Å². The summed E-state index contributed by atoms with van der Waals surface area (Å²) in [6.45, 7) is 2.13. The number of aliphatic imine (C=N–C) groups is 2. The molecule has 3 heterocycles. The fraction of sp³-hybridized carbons (Fsp3) is 0.571. The summed E-state index contributed by atoms with van der Waals surface area (Å²) in [5, 5.41) is 3.15. The smallest absolute Gasteiger partial charge is 0.203 e. The molecule has 106 valence electrons. The van der Waals surface area contributed by atoms with Gasteiger partial charge in [-0.25, -0.2) is 9.98 Å². The van der Waals surface area contributed by atoms with Crippen molar-refractivity contribution in [3.63, 3.8) is 0 Å². The summed E-state index contributed by atoms with van der Waals surface area (Å²) < 4.78 is 0. The summed E-state index contributed by atoms with van der Waals surface area (Å²) in [5.41, 5.74) is 5.95. The van der Waals surface area contributed by atoms with E-state index >= 15 is 0 Å². The number of aryl methyl sites for hydroxylation is 1. The van der Waals surface area contributed by atoms with Crippen LogP contribution >= 0.6 is 11.3 Å². The average Bonchev–Trinajstić information content (AvgIpc) is 3.00. The summed E-state index contributed by atoms with van der Waals surface area (Å²) in [5.74, 6) is 1.40. The van der Waals surface area contributed by atoms with Crippen molar-refractivity contribution in [2.45, 2.75) is 50.9 Å². The van der Waals surface area contributed by atoms with Gasteiger partial charge in [-0.2, -0.15) is 0 Å². The monoisotopic (exact) mass is 289 g/mol. The molecule has 0 aromatic carbocycles. The SMILES string of the molecule is Cc1ccc(C2N=C(N)NC3=NC4CCCCC4N32)s1. The number of nitrogens with two attached hydrogens (primary N) is 1. The van der Waals surface area contributed by atoms with Gasteiger partial charge in [0.1, 0.15) is 0 Å². The van der Waals surface area contributed by atoms with E-state index in [0.29, 0.717) is 18.0 Å². The zero-order valence-electron chi connectivity index (χ0n) is 11.5. The zero-order chi connectivity index (χ0) is 13.7. The highest BCUT2D eigenvalue weighted by Gasteiger charge is 2.44. The summed E-state index contributed by atoms with van der Waals surface area (Å²) in [6, 6.07) is 5.21. The Balaban J connectivity index is 1.74. The van der Waals surface area contributed by atoms with E-state index in [1.54, 1.807) is 11.3 Å². The predicted molar refractivity (Wildman–Crippen MR) is 81.9 cm³/mol. The molecule has 0 amide bonds. The maximum atomic E-state index is 5.95. The second-order valence-electron chi connectivity index (χ2n) is 5.74. The van der Waals surface area contributed by atoms with Gasteiger partial charge in [-0.15, -0.1) is 11.3 Å². The Morgan fingerprint density at radius 1 is 1.30 bits per heavy atom. The minimum atomic E-state index is 0.00167. The van der Waals surface area contributed by atoms with E-state index in [9.17, 15) is 0 Å². The molecule has 1 aliphatic carbocycles. The Hall–Kier alpha value is -1.56. The zero-order valence-corrected chi connectivity index (χ0v) is 12.4. The molecule has 2 aliphatic heterocycles. The predicted octanol–water partition coefficient (Wildman–Crippen LogP) is 1.96. The van der Waals surface area contributed by atoms with E-state index in [2.05, 4.69) is 34.3 Å². The highest BCUT2D eigenvalue weighted by atomic mass is 32.1. The van der Waals surface area contributed by atoms with Crippen LogP contribution in [0.2, 0.25) is 0 Å². The Morgan fingerprint density at radius 3 is 2.95 bits per heavy atom. The van der Waals surface area contributed by atoms with E-state index in [1.165, 1.54) is 35.4 Å². The third-order valence-corrected chi connectivity index (χ3v) is 5.40. The topological polar surface area (TPSA) is 66.0 Å². The molecule has 1 saturated carbocycles. The maximum absolute atomic E-state index is 5.95. The van der Waals surface area contributed by atoms with E-state index < -0.39 is 0 Å². The summed E-state index contributed by atoms with van der Waals surface area (Å²) in [7, 11) is 0. The first-order chi connectivity index (χ1) is 9.72. The van der Waals surface area contributed by atoms with Crippen molar-refractivity contribution in [1.82, 2.24) is 10.2 Å². The van der Waals surface area contributed by atoms with Crippen LogP contribution in [-0.2, 0) is 0 Å². The second kappa shape index (κ2) is 4.48. The van der Waals surface area contributed by atoms with Gasteiger partial charge in [-0.3, -0.25) is 5.32 Å². The number of thiophene rings is 1. The van der Waals surface area contributed by atoms with E-state index in [4.69, 9.17) is 10.7 Å². The van der Waals surface area contributed by atoms with Crippen LogP contribution in [-0.4, -0.2) is 28.9 Å². The molecule has 1 aromatic heterocycles. The van der Waals surface area contributed by atoms with Crippen molar-refractivity contribution >= 4 is 23.3 Å². The lowest BCUT2D eigenvalue weighted by atomic mass is 9.90. The van der Waals surface area contributed by atoms with Gasteiger partial charge in [-0.1, -0.05) is 12.8 Å². The summed E-state index contributed by atoms with van der Waals surface area (Å²) in [4.78, 5) is 14.4. The second-order valence-corrected chi connectivity index (χ2v) is 7.06. The molecule has 0 saturated heterocycles. The molecule has 20 heavy (non-hydrogen) atoms. The minimum Gasteiger partial charge on any atom is -0.370 e. The lowest BCUT2D eigenvalue weighted by molar-refractivity contribution is 0.195. The molecule has 0 bridgehead atoms. The summed E-state index contributed by atoms with van der Waals surface area (Å²) >= 11 is 1.80. The van der Waals surface area contributed by atoms with Gasteiger partial charge < -0.3 is 10.6 Å². The van der Waals surface area contributed by atoms with Gasteiger partial charge in [-0.05, 0) is 31.9 Å². The van der Waals surface area contributed by atoms with Gasteiger partial charge in [0.05, 0.1) is 12.1 Å². The van der Waals surface area contributed by atoms with Crippen LogP contribution in [0.4, 0.5) is 0 Å². The standard InChI is InChI=1S/C14H19N5S/c1-8-6-7-11(20-8)12-17-13(15)18-14-16-9-4-2-3-5-10(9)19(12)14/h6-7,9-10,12H,2-5H2,1H3,(H3,15,16,17,18). The van der Waals surface area contributed by atoms with Crippen LogP contribution in [0.1, 0.15) is 41.6 Å². The number of nitrogens with zero attached hydrogens (tertiary/aromatic N) is 3. The first-order valence-corrected chi connectivity index (χ1v) is 8.07. The molecule has 1 fully saturated rings. The molecule has 3 aliphatic rings. The Morgan fingerprint density at radius 2 is 2.15 bits per heavy atom. The van der Waals surface area contributed by atoms with E-state index in [0.717, 1.165) is 5.96 Å². The van der Waals surface area contributed by atoms with Crippen LogP contribution in [0.5, 0.6) is 0 Å². The fourth-order valence-electron chi connectivity index (χ4n) is 3.48.